The van der Waals surface area contributed by atoms with E-state index in [1.165, 1.54) is 6.92 Å². The van der Waals surface area contributed by atoms with Crippen LogP contribution < -0.4 is 0 Å². The highest BCUT2D eigenvalue weighted by Crippen LogP contribution is 2.23. The van der Waals surface area contributed by atoms with Gasteiger partial charge in [0.2, 0.25) is 5.54 Å². The number of rotatable bonds is 6. The molecule has 0 spiro atoms. The molecular formula is C8H13NO5. The summed E-state index contributed by atoms with van der Waals surface area (Å²) in [6.45, 7) is 4.03. The van der Waals surface area contributed by atoms with E-state index >= 15 is 0 Å². The van der Waals surface area contributed by atoms with Gasteiger partial charge in [-0.05, 0) is 0 Å². The van der Waals surface area contributed by atoms with Gasteiger partial charge in [0.15, 0.2) is 0 Å². The number of hydrogen-bond acceptors (Lipinski definition) is 4. The van der Waals surface area contributed by atoms with Gasteiger partial charge in [-0.2, -0.15) is 0 Å². The van der Waals surface area contributed by atoms with Crippen LogP contribution in [0.3, 0.4) is 0 Å². The molecule has 0 aliphatic heterocycles. The van der Waals surface area contributed by atoms with E-state index in [0.29, 0.717) is 0 Å². The van der Waals surface area contributed by atoms with Crippen LogP contribution in [0.2, 0.25) is 0 Å². The number of hydrogen-bond donors (Lipinski definition) is 2. The smallest absolute Gasteiger partial charge is 0.331 e. The number of carboxylic acids is 1. The van der Waals surface area contributed by atoms with E-state index in [1.807, 2.05) is 0 Å². The third-order valence-electron chi connectivity index (χ3n) is 2.18. The zero-order chi connectivity index (χ0) is 11.4. The molecule has 0 amide bonds. The second-order valence-corrected chi connectivity index (χ2v) is 3.08. The molecule has 6 heteroatoms. The van der Waals surface area contributed by atoms with Crippen LogP contribution in [-0.4, -0.2) is 33.3 Å². The fourth-order valence-corrected chi connectivity index (χ4v) is 1.02. The zero-order valence-corrected chi connectivity index (χ0v) is 7.89. The summed E-state index contributed by atoms with van der Waals surface area (Å²) in [5.41, 5.74) is -1.88. The molecule has 0 saturated carbocycles. The van der Waals surface area contributed by atoms with Crippen LogP contribution in [0.4, 0.5) is 0 Å². The molecule has 0 fully saturated rings. The maximum atomic E-state index is 10.7. The lowest BCUT2D eigenvalue weighted by Gasteiger charge is -2.21. The van der Waals surface area contributed by atoms with Gasteiger partial charge >= 0.3 is 5.97 Å². The van der Waals surface area contributed by atoms with E-state index in [2.05, 4.69) is 6.58 Å². The molecule has 14 heavy (non-hydrogen) atoms. The highest BCUT2D eigenvalue weighted by atomic mass is 16.6. The van der Waals surface area contributed by atoms with Gasteiger partial charge < -0.3 is 10.2 Å². The predicted octanol–water partition coefficient (Wildman–Crippen LogP) is 0.435. The first kappa shape index (κ1) is 12.6. The summed E-state index contributed by atoms with van der Waals surface area (Å²) in [6, 6.07) is 0. The Morgan fingerprint density at radius 2 is 2.14 bits per heavy atom. The minimum atomic E-state index is -1.62. The van der Waals surface area contributed by atoms with Gasteiger partial charge in [-0.3, -0.25) is 10.1 Å². The van der Waals surface area contributed by atoms with Crippen LogP contribution in [0.25, 0.3) is 0 Å². The van der Waals surface area contributed by atoms with Crippen molar-refractivity contribution in [2.75, 3.05) is 6.61 Å². The number of aliphatic hydroxyl groups is 1. The predicted molar refractivity (Wildman–Crippen MR) is 48.5 cm³/mol. The van der Waals surface area contributed by atoms with Gasteiger partial charge in [-0.25, -0.2) is 4.79 Å². The Morgan fingerprint density at radius 3 is 2.36 bits per heavy atom. The molecule has 0 aromatic rings. The normalized spacial score (nSPS) is 14.4. The molecule has 1 unspecified atom stereocenters. The van der Waals surface area contributed by atoms with Gasteiger partial charge in [0.05, 0.1) is 6.42 Å². The first-order valence-electron chi connectivity index (χ1n) is 4.06. The van der Waals surface area contributed by atoms with Gasteiger partial charge in [-0.15, -0.1) is 0 Å². The van der Waals surface area contributed by atoms with E-state index < -0.39 is 23.0 Å². The average molecular weight is 203 g/mol. The third kappa shape index (κ3) is 2.53. The van der Waals surface area contributed by atoms with Crippen LogP contribution in [0, 0.1) is 10.1 Å². The molecular weight excluding hydrogens is 190 g/mol. The van der Waals surface area contributed by atoms with Crippen molar-refractivity contribution >= 4 is 5.97 Å². The minimum absolute atomic E-state index is 0.0583. The SMILES string of the molecule is C=C(CC(CC)(CO)[N+](=O)[O-])C(=O)O. The van der Waals surface area contributed by atoms with Gasteiger partial charge in [0, 0.05) is 16.9 Å². The summed E-state index contributed by atoms with van der Waals surface area (Å²) in [4.78, 5) is 20.4. The summed E-state index contributed by atoms with van der Waals surface area (Å²) >= 11 is 0. The van der Waals surface area contributed by atoms with E-state index in [0.717, 1.165) is 0 Å². The fraction of sp³-hybridized carbons (Fsp3) is 0.625. The standard InChI is InChI=1S/C8H13NO5/c1-3-8(5-10,9(13)14)4-6(2)7(11)12/h10H,2-5H2,1H3,(H,11,12). The first-order chi connectivity index (χ1) is 6.39. The van der Waals surface area contributed by atoms with E-state index in [9.17, 15) is 14.9 Å². The number of nitro groups is 1. The van der Waals surface area contributed by atoms with Crippen molar-refractivity contribution in [2.24, 2.45) is 0 Å². The number of nitrogens with zero attached hydrogens (tertiary/aromatic N) is 1. The van der Waals surface area contributed by atoms with Crippen LogP contribution >= 0.6 is 0 Å². The van der Waals surface area contributed by atoms with Crippen LogP contribution in [-0.2, 0) is 4.79 Å². The molecule has 80 valence electrons. The Morgan fingerprint density at radius 1 is 1.64 bits per heavy atom. The summed E-state index contributed by atoms with van der Waals surface area (Å²) < 4.78 is 0. The molecule has 0 heterocycles. The minimum Gasteiger partial charge on any atom is -0.478 e. The van der Waals surface area contributed by atoms with Gasteiger partial charge in [0.25, 0.3) is 0 Å². The highest BCUT2D eigenvalue weighted by molar-refractivity contribution is 5.85. The van der Waals surface area contributed by atoms with Crippen molar-refractivity contribution in [1.82, 2.24) is 0 Å². The number of aliphatic carboxylic acids is 1. The van der Waals surface area contributed by atoms with E-state index in [4.69, 9.17) is 10.2 Å². The number of carbonyl (C=O) groups is 1. The maximum Gasteiger partial charge on any atom is 0.331 e. The van der Waals surface area contributed by atoms with Gasteiger partial charge in [-0.1, -0.05) is 13.5 Å². The molecule has 2 N–H and O–H groups in total. The van der Waals surface area contributed by atoms with Crippen molar-refractivity contribution < 1.29 is 19.9 Å². The Labute approximate surface area is 81.0 Å². The van der Waals surface area contributed by atoms with Crippen molar-refractivity contribution in [1.29, 1.82) is 0 Å². The Balaban J connectivity index is 4.76. The quantitative estimate of drug-likeness (QED) is 0.370. The Kier molecular flexibility index (Phi) is 4.23. The third-order valence-corrected chi connectivity index (χ3v) is 2.18. The topological polar surface area (TPSA) is 101 Å². The first-order valence-corrected chi connectivity index (χ1v) is 4.06. The molecule has 0 aromatic heterocycles. The molecule has 0 aromatic carbocycles. The van der Waals surface area contributed by atoms with Crippen molar-refractivity contribution in [3.05, 3.63) is 22.3 Å². The highest BCUT2D eigenvalue weighted by Gasteiger charge is 2.41. The second kappa shape index (κ2) is 4.71. The van der Waals surface area contributed by atoms with Gasteiger partial charge in [0.1, 0.15) is 6.61 Å². The Bertz CT molecular complexity index is 256. The summed E-state index contributed by atoms with van der Waals surface area (Å²) in [6.07, 6.45) is -0.287. The van der Waals surface area contributed by atoms with Crippen molar-refractivity contribution in [3.8, 4) is 0 Å². The molecule has 0 bridgehead atoms. The lowest BCUT2D eigenvalue weighted by molar-refractivity contribution is -0.573. The van der Waals surface area contributed by atoms with Crippen LogP contribution in [0.1, 0.15) is 19.8 Å². The fourth-order valence-electron chi connectivity index (χ4n) is 1.02. The van der Waals surface area contributed by atoms with Crippen LogP contribution in [0.15, 0.2) is 12.2 Å². The van der Waals surface area contributed by atoms with Crippen molar-refractivity contribution in [2.45, 2.75) is 25.3 Å². The number of carboxylic acid groups (broad SMARTS) is 1. The van der Waals surface area contributed by atoms with E-state index in [-0.39, 0.29) is 18.4 Å². The van der Waals surface area contributed by atoms with Crippen molar-refractivity contribution in [3.63, 3.8) is 0 Å². The Hall–Kier alpha value is -1.43. The van der Waals surface area contributed by atoms with E-state index in [1.54, 1.807) is 0 Å². The molecule has 0 radical (unpaired) electrons. The lowest BCUT2D eigenvalue weighted by Crippen LogP contribution is -2.42. The second-order valence-electron chi connectivity index (χ2n) is 3.08. The zero-order valence-electron chi connectivity index (χ0n) is 7.89. The monoisotopic (exact) mass is 203 g/mol. The molecule has 0 saturated heterocycles. The summed E-state index contributed by atoms with van der Waals surface area (Å²) in [5, 5.41) is 28.1. The maximum absolute atomic E-state index is 10.7. The molecule has 0 aliphatic rings. The lowest BCUT2D eigenvalue weighted by atomic mass is 9.90. The summed E-state index contributed by atoms with van der Waals surface area (Å²) in [7, 11) is 0. The summed E-state index contributed by atoms with van der Waals surface area (Å²) in [5.74, 6) is -1.28. The molecule has 1 atom stereocenters. The molecule has 6 nitrogen and oxygen atoms in total. The number of aliphatic hydroxyl groups excluding tert-OH is 1. The average Bonchev–Trinajstić information content (AvgIpc) is 2.13. The van der Waals surface area contributed by atoms with Crippen LogP contribution in [0.5, 0.6) is 0 Å². The molecule has 0 rings (SSSR count). The largest absolute Gasteiger partial charge is 0.478 e. The molecule has 0 aliphatic carbocycles.